The van der Waals surface area contributed by atoms with Crippen LogP contribution in [0.25, 0.3) is 16.3 Å². The van der Waals surface area contributed by atoms with Crippen molar-refractivity contribution in [2.45, 2.75) is 0 Å². The Balaban J connectivity index is 1.77. The van der Waals surface area contributed by atoms with Gasteiger partial charge in [0.05, 0.1) is 22.9 Å². The van der Waals surface area contributed by atoms with Gasteiger partial charge >= 0.3 is 0 Å². The minimum absolute atomic E-state index is 0.257. The standard InChI is InChI=1S/C18H14FN3OS/c1-20-16-10-7-12(18(19)22-16)5-3-4-6-17-21-14-9-8-13(23-2)11-15(14)24-17/h4,6-11H,1-2H3,(H,20,22)/b6-4+. The summed E-state index contributed by atoms with van der Waals surface area (Å²) in [6.45, 7) is 0. The molecular formula is C18H14FN3OS. The lowest BCUT2D eigenvalue weighted by Crippen LogP contribution is -1.96. The number of thiazole rings is 1. The number of anilines is 1. The summed E-state index contributed by atoms with van der Waals surface area (Å²) in [5, 5.41) is 3.61. The Hall–Kier alpha value is -2.91. The Bertz CT molecular complexity index is 969. The Morgan fingerprint density at radius 3 is 2.88 bits per heavy atom. The number of benzene rings is 1. The monoisotopic (exact) mass is 339 g/mol. The van der Waals surface area contributed by atoms with E-state index in [0.29, 0.717) is 5.82 Å². The highest BCUT2D eigenvalue weighted by atomic mass is 32.1. The van der Waals surface area contributed by atoms with E-state index in [2.05, 4.69) is 27.1 Å². The molecule has 6 heteroatoms. The van der Waals surface area contributed by atoms with Crippen LogP contribution in [0.5, 0.6) is 5.75 Å². The van der Waals surface area contributed by atoms with Crippen LogP contribution in [-0.4, -0.2) is 24.1 Å². The zero-order chi connectivity index (χ0) is 16.9. The van der Waals surface area contributed by atoms with Gasteiger partial charge in [0.15, 0.2) is 0 Å². The molecule has 1 N–H and O–H groups in total. The minimum Gasteiger partial charge on any atom is -0.497 e. The number of methoxy groups -OCH3 is 1. The Morgan fingerprint density at radius 2 is 2.12 bits per heavy atom. The second-order valence-corrected chi connectivity index (χ2v) is 5.84. The Morgan fingerprint density at radius 1 is 1.25 bits per heavy atom. The summed E-state index contributed by atoms with van der Waals surface area (Å²) in [5.74, 6) is 6.23. The topological polar surface area (TPSA) is 47.0 Å². The largest absolute Gasteiger partial charge is 0.497 e. The second kappa shape index (κ2) is 7.11. The third-order valence-corrected chi connectivity index (χ3v) is 4.22. The van der Waals surface area contributed by atoms with Crippen LogP contribution in [0, 0.1) is 17.8 Å². The van der Waals surface area contributed by atoms with E-state index < -0.39 is 5.95 Å². The molecular weight excluding hydrogens is 325 g/mol. The lowest BCUT2D eigenvalue weighted by Gasteiger charge is -1.98. The molecule has 0 amide bonds. The first-order chi connectivity index (χ1) is 11.7. The van der Waals surface area contributed by atoms with Crippen LogP contribution in [0.2, 0.25) is 0 Å². The van der Waals surface area contributed by atoms with Gasteiger partial charge in [-0.25, -0.2) is 9.97 Å². The van der Waals surface area contributed by atoms with Crippen LogP contribution in [0.4, 0.5) is 10.2 Å². The molecule has 4 nitrogen and oxygen atoms in total. The van der Waals surface area contributed by atoms with Gasteiger partial charge in [0.25, 0.3) is 0 Å². The van der Waals surface area contributed by atoms with Crippen molar-refractivity contribution in [2.24, 2.45) is 0 Å². The summed E-state index contributed by atoms with van der Waals surface area (Å²) in [5.41, 5.74) is 1.17. The van der Waals surface area contributed by atoms with Gasteiger partial charge in [-0.2, -0.15) is 4.39 Å². The van der Waals surface area contributed by atoms with Crippen molar-refractivity contribution in [3.05, 3.63) is 52.9 Å². The molecule has 0 saturated heterocycles. The zero-order valence-corrected chi connectivity index (χ0v) is 13.9. The number of fused-ring (bicyclic) bond motifs is 1. The van der Waals surface area contributed by atoms with Crippen molar-refractivity contribution in [1.82, 2.24) is 9.97 Å². The molecule has 1 aromatic carbocycles. The first-order valence-corrected chi connectivity index (χ1v) is 7.98. The molecule has 120 valence electrons. The molecule has 24 heavy (non-hydrogen) atoms. The van der Waals surface area contributed by atoms with Crippen molar-refractivity contribution < 1.29 is 9.13 Å². The fraction of sp³-hybridized carbons (Fsp3) is 0.111. The summed E-state index contributed by atoms with van der Waals surface area (Å²) in [6.07, 6.45) is 3.46. The van der Waals surface area contributed by atoms with Crippen molar-refractivity contribution in [2.75, 3.05) is 19.5 Å². The number of nitrogens with zero attached hydrogens (tertiary/aromatic N) is 2. The number of hydrogen-bond donors (Lipinski definition) is 1. The van der Waals surface area contributed by atoms with Gasteiger partial charge in [-0.15, -0.1) is 11.3 Å². The lowest BCUT2D eigenvalue weighted by atomic mass is 10.2. The first kappa shape index (κ1) is 16.0. The normalized spacial score (nSPS) is 10.6. The number of pyridine rings is 1. The van der Waals surface area contributed by atoms with E-state index in [0.717, 1.165) is 21.0 Å². The van der Waals surface area contributed by atoms with E-state index >= 15 is 0 Å². The van der Waals surface area contributed by atoms with Gasteiger partial charge in [0, 0.05) is 7.05 Å². The lowest BCUT2D eigenvalue weighted by molar-refractivity contribution is 0.415. The maximum atomic E-state index is 13.7. The van der Waals surface area contributed by atoms with Gasteiger partial charge < -0.3 is 10.1 Å². The van der Waals surface area contributed by atoms with E-state index in [-0.39, 0.29) is 5.56 Å². The third-order valence-electron chi connectivity index (χ3n) is 3.23. The van der Waals surface area contributed by atoms with Gasteiger partial charge in [-0.3, -0.25) is 0 Å². The molecule has 3 aromatic rings. The molecule has 2 heterocycles. The summed E-state index contributed by atoms with van der Waals surface area (Å²) in [6, 6.07) is 9.01. The summed E-state index contributed by atoms with van der Waals surface area (Å²) in [4.78, 5) is 8.23. The van der Waals surface area contributed by atoms with Crippen LogP contribution in [0.3, 0.4) is 0 Å². The van der Waals surface area contributed by atoms with Crippen molar-refractivity contribution in [1.29, 1.82) is 0 Å². The molecule has 0 bridgehead atoms. The molecule has 0 saturated carbocycles. The number of aromatic nitrogens is 2. The van der Waals surface area contributed by atoms with Crippen LogP contribution in [0.15, 0.2) is 36.4 Å². The Kier molecular flexibility index (Phi) is 4.73. The zero-order valence-electron chi connectivity index (χ0n) is 13.1. The Labute approximate surface area is 143 Å². The fourth-order valence-corrected chi connectivity index (χ4v) is 2.92. The quantitative estimate of drug-likeness (QED) is 0.580. The molecule has 0 spiro atoms. The average Bonchev–Trinajstić information content (AvgIpc) is 3.01. The highest BCUT2D eigenvalue weighted by molar-refractivity contribution is 7.19. The highest BCUT2D eigenvalue weighted by Gasteiger charge is 2.03. The predicted molar refractivity (Wildman–Crippen MR) is 95.8 cm³/mol. The van der Waals surface area contributed by atoms with Crippen molar-refractivity contribution in [3.8, 4) is 17.6 Å². The van der Waals surface area contributed by atoms with Gasteiger partial charge in [-0.05, 0) is 42.5 Å². The predicted octanol–water partition coefficient (Wildman–Crippen LogP) is 3.95. The SMILES string of the molecule is CNc1ccc(C#C/C=C/c2nc3ccc(OC)cc3s2)c(F)n1. The minimum atomic E-state index is -0.588. The van der Waals surface area contributed by atoms with Gasteiger partial charge in [0.1, 0.15) is 16.6 Å². The summed E-state index contributed by atoms with van der Waals surface area (Å²) < 4.78 is 19.9. The third kappa shape index (κ3) is 3.53. The maximum absolute atomic E-state index is 13.7. The number of ether oxygens (including phenoxy) is 1. The van der Waals surface area contributed by atoms with E-state index in [9.17, 15) is 4.39 Å². The number of hydrogen-bond acceptors (Lipinski definition) is 5. The summed E-state index contributed by atoms with van der Waals surface area (Å²) in [7, 11) is 3.32. The van der Waals surface area contributed by atoms with E-state index in [4.69, 9.17) is 4.74 Å². The highest BCUT2D eigenvalue weighted by Crippen LogP contribution is 2.26. The first-order valence-electron chi connectivity index (χ1n) is 7.16. The molecule has 2 aromatic heterocycles. The van der Waals surface area contributed by atoms with Gasteiger partial charge in [-0.1, -0.05) is 11.8 Å². The number of nitrogens with one attached hydrogen (secondary N) is 1. The van der Waals surface area contributed by atoms with Crippen molar-refractivity contribution in [3.63, 3.8) is 0 Å². The maximum Gasteiger partial charge on any atom is 0.230 e. The number of allylic oxidation sites excluding steroid dienone is 1. The molecule has 0 fully saturated rings. The van der Waals surface area contributed by atoms with Crippen LogP contribution in [-0.2, 0) is 0 Å². The molecule has 0 aliphatic carbocycles. The average molecular weight is 339 g/mol. The van der Waals surface area contributed by atoms with E-state index in [1.807, 2.05) is 18.2 Å². The molecule has 0 unspecified atom stereocenters. The summed E-state index contributed by atoms with van der Waals surface area (Å²) >= 11 is 1.54. The molecule has 0 aliphatic rings. The van der Waals surface area contributed by atoms with Crippen LogP contribution >= 0.6 is 11.3 Å². The molecule has 0 atom stereocenters. The smallest absolute Gasteiger partial charge is 0.230 e. The molecule has 0 radical (unpaired) electrons. The number of halogens is 1. The van der Waals surface area contributed by atoms with Crippen molar-refractivity contribution >= 4 is 33.4 Å². The second-order valence-electron chi connectivity index (χ2n) is 4.77. The van der Waals surface area contributed by atoms with Gasteiger partial charge in [0.2, 0.25) is 5.95 Å². The van der Waals surface area contributed by atoms with Crippen LogP contribution < -0.4 is 10.1 Å². The van der Waals surface area contributed by atoms with E-state index in [1.165, 1.54) is 0 Å². The molecule has 3 rings (SSSR count). The molecule has 0 aliphatic heterocycles. The fourth-order valence-electron chi connectivity index (χ4n) is 2.02. The van der Waals surface area contributed by atoms with Crippen LogP contribution in [0.1, 0.15) is 10.6 Å². The number of rotatable bonds is 3. The van der Waals surface area contributed by atoms with E-state index in [1.54, 1.807) is 49.8 Å².